The molecule has 2 aliphatic rings. The minimum Gasteiger partial charge on any atom is -0.493 e. The maximum atomic E-state index is 13.9. The number of methoxy groups -OCH3 is 1. The van der Waals surface area contributed by atoms with Gasteiger partial charge in [0.1, 0.15) is 5.58 Å². The van der Waals surface area contributed by atoms with Gasteiger partial charge in [0.25, 0.3) is 5.91 Å². The van der Waals surface area contributed by atoms with Gasteiger partial charge < -0.3 is 18.8 Å². The van der Waals surface area contributed by atoms with Crippen molar-refractivity contribution in [2.75, 3.05) is 25.2 Å². The monoisotopic (exact) mass is 525 g/mol. The molecule has 3 heterocycles. The second-order valence-electron chi connectivity index (χ2n) is 9.89. The number of ether oxygens (including phenoxy) is 2. The normalized spacial score (nSPS) is 20.4. The van der Waals surface area contributed by atoms with Crippen LogP contribution in [-0.2, 0) is 9.84 Å². The van der Waals surface area contributed by atoms with Gasteiger partial charge in [0.15, 0.2) is 26.8 Å². The molecule has 9 heteroatoms. The molecule has 0 N–H and O–H groups in total. The number of unbranched alkanes of at least 4 members (excludes halogenated alkanes) is 1. The van der Waals surface area contributed by atoms with Crippen LogP contribution in [0.4, 0.5) is 0 Å². The van der Waals surface area contributed by atoms with E-state index >= 15 is 0 Å². The fourth-order valence-corrected chi connectivity index (χ4v) is 6.96. The van der Waals surface area contributed by atoms with Crippen molar-refractivity contribution < 1.29 is 27.1 Å². The summed E-state index contributed by atoms with van der Waals surface area (Å²) < 4.78 is 42.3. The molecule has 2 unspecified atom stereocenters. The smallest absolute Gasteiger partial charge is 0.291 e. The van der Waals surface area contributed by atoms with Crippen molar-refractivity contribution >= 4 is 26.7 Å². The predicted octanol–water partition coefficient (Wildman–Crippen LogP) is 4.33. The number of rotatable bonds is 7. The molecule has 1 aromatic heterocycles. The Morgan fingerprint density at radius 2 is 1.84 bits per heavy atom. The Balaban J connectivity index is 1.69. The summed E-state index contributed by atoms with van der Waals surface area (Å²) in [5.41, 5.74) is 2.80. The third-order valence-corrected chi connectivity index (χ3v) is 9.13. The van der Waals surface area contributed by atoms with Crippen LogP contribution in [-0.4, -0.2) is 50.5 Å². The summed E-state index contributed by atoms with van der Waals surface area (Å²) in [6, 6.07) is 7.51. The Morgan fingerprint density at radius 3 is 2.51 bits per heavy atom. The first-order valence-corrected chi connectivity index (χ1v) is 14.4. The predicted molar refractivity (Wildman–Crippen MR) is 140 cm³/mol. The minimum atomic E-state index is -3.29. The number of carbonyl (C=O) groups excluding carboxylic acids is 1. The van der Waals surface area contributed by atoms with E-state index in [1.807, 2.05) is 13.8 Å². The number of carbonyl (C=O) groups is 1. The van der Waals surface area contributed by atoms with E-state index in [-0.39, 0.29) is 28.3 Å². The number of sulfone groups is 1. The fourth-order valence-electron chi connectivity index (χ4n) is 5.24. The lowest BCUT2D eigenvalue weighted by molar-refractivity contribution is 0.0662. The topological polar surface area (TPSA) is 103 Å². The Bertz CT molecular complexity index is 1560. The highest BCUT2D eigenvalue weighted by Gasteiger charge is 2.48. The van der Waals surface area contributed by atoms with Crippen molar-refractivity contribution in [3.05, 3.63) is 68.6 Å². The molecular weight excluding hydrogens is 494 g/mol. The van der Waals surface area contributed by atoms with Crippen LogP contribution in [0.1, 0.15) is 65.0 Å². The lowest BCUT2D eigenvalue weighted by atomic mass is 9.96. The molecule has 0 saturated carbocycles. The molecule has 1 saturated heterocycles. The molecular formula is C28H31NO7S. The number of amides is 1. The maximum absolute atomic E-state index is 13.9. The van der Waals surface area contributed by atoms with Gasteiger partial charge >= 0.3 is 0 Å². The van der Waals surface area contributed by atoms with Crippen LogP contribution < -0.4 is 14.9 Å². The molecule has 0 aliphatic carbocycles. The van der Waals surface area contributed by atoms with Crippen LogP contribution in [0, 0.1) is 13.8 Å². The van der Waals surface area contributed by atoms with Crippen molar-refractivity contribution in [1.29, 1.82) is 0 Å². The SMILES string of the molecule is CCCCOc1ccc(C2c3c(oc4cc(C)c(C)cc4c3=O)C(=O)N2C2CCS(=O)(=O)C2)cc1OC. The van der Waals surface area contributed by atoms with Crippen LogP contribution in [0.15, 0.2) is 39.5 Å². The molecule has 1 fully saturated rings. The molecule has 0 bridgehead atoms. The second-order valence-corrected chi connectivity index (χ2v) is 12.1. The van der Waals surface area contributed by atoms with Gasteiger partial charge in [-0.25, -0.2) is 8.42 Å². The minimum absolute atomic E-state index is 0.000219. The largest absolute Gasteiger partial charge is 0.493 e. The van der Waals surface area contributed by atoms with Gasteiger partial charge in [-0.15, -0.1) is 0 Å². The van der Waals surface area contributed by atoms with Gasteiger partial charge in [-0.2, -0.15) is 0 Å². The zero-order valence-corrected chi connectivity index (χ0v) is 22.3. The lowest BCUT2D eigenvalue weighted by Crippen LogP contribution is -2.40. The third-order valence-electron chi connectivity index (χ3n) is 7.38. The first kappa shape index (κ1) is 25.3. The van der Waals surface area contributed by atoms with E-state index in [0.29, 0.717) is 41.1 Å². The van der Waals surface area contributed by atoms with Gasteiger partial charge in [-0.1, -0.05) is 19.4 Å². The highest BCUT2D eigenvalue weighted by molar-refractivity contribution is 7.91. The Morgan fingerprint density at radius 1 is 1.08 bits per heavy atom. The average molecular weight is 526 g/mol. The second kappa shape index (κ2) is 9.52. The molecule has 196 valence electrons. The molecule has 5 rings (SSSR count). The molecule has 2 aromatic carbocycles. The molecule has 0 radical (unpaired) electrons. The van der Waals surface area contributed by atoms with Crippen LogP contribution in [0.5, 0.6) is 11.5 Å². The fraction of sp³-hybridized carbons (Fsp3) is 0.429. The van der Waals surface area contributed by atoms with E-state index in [1.165, 1.54) is 12.0 Å². The van der Waals surface area contributed by atoms with Gasteiger partial charge in [0, 0.05) is 6.04 Å². The van der Waals surface area contributed by atoms with Gasteiger partial charge in [0.05, 0.1) is 42.2 Å². The maximum Gasteiger partial charge on any atom is 0.291 e. The van der Waals surface area contributed by atoms with E-state index in [1.54, 1.807) is 30.3 Å². The summed E-state index contributed by atoms with van der Waals surface area (Å²) in [6.45, 7) is 6.45. The quantitative estimate of drug-likeness (QED) is 0.423. The molecule has 3 aromatic rings. The zero-order valence-electron chi connectivity index (χ0n) is 21.5. The van der Waals surface area contributed by atoms with Crippen molar-refractivity contribution in [1.82, 2.24) is 4.90 Å². The van der Waals surface area contributed by atoms with Gasteiger partial charge in [-0.3, -0.25) is 9.59 Å². The average Bonchev–Trinajstić information content (AvgIpc) is 3.37. The zero-order chi connectivity index (χ0) is 26.5. The van der Waals surface area contributed by atoms with Crippen molar-refractivity contribution in [2.45, 2.75) is 52.1 Å². The first-order valence-electron chi connectivity index (χ1n) is 12.6. The number of nitrogens with zero attached hydrogens (tertiary/aromatic N) is 1. The number of fused-ring (bicyclic) bond motifs is 2. The first-order chi connectivity index (χ1) is 17.6. The highest BCUT2D eigenvalue weighted by Crippen LogP contribution is 2.43. The Hall–Kier alpha value is -3.33. The summed E-state index contributed by atoms with van der Waals surface area (Å²) in [5, 5.41) is 0.395. The van der Waals surface area contributed by atoms with E-state index in [2.05, 4.69) is 6.92 Å². The molecule has 2 aliphatic heterocycles. The van der Waals surface area contributed by atoms with Crippen molar-refractivity contribution in [3.63, 3.8) is 0 Å². The van der Waals surface area contributed by atoms with Crippen LogP contribution in [0.2, 0.25) is 0 Å². The van der Waals surface area contributed by atoms with Crippen LogP contribution in [0.25, 0.3) is 11.0 Å². The van der Waals surface area contributed by atoms with Crippen LogP contribution in [0.3, 0.4) is 0 Å². The van der Waals surface area contributed by atoms with Crippen molar-refractivity contribution in [3.8, 4) is 11.5 Å². The lowest BCUT2D eigenvalue weighted by Gasteiger charge is -2.30. The summed E-state index contributed by atoms with van der Waals surface area (Å²) >= 11 is 0. The third kappa shape index (κ3) is 4.39. The molecule has 0 spiro atoms. The standard InChI is InChI=1S/C28H31NO7S/c1-5-6-10-35-21-8-7-18(14-23(21)34-4)25-24-26(30)20-12-16(2)17(3)13-22(20)36-27(24)28(31)29(25)19-9-11-37(32,33)15-19/h7-8,12-14,19,25H,5-6,9-11,15H2,1-4H3. The van der Waals surface area contributed by atoms with E-state index in [4.69, 9.17) is 13.9 Å². The number of hydrogen-bond donors (Lipinski definition) is 0. The Kier molecular flexibility index (Phi) is 6.52. The van der Waals surface area contributed by atoms with Gasteiger partial charge in [-0.05, 0) is 67.6 Å². The number of benzene rings is 2. The molecule has 37 heavy (non-hydrogen) atoms. The highest BCUT2D eigenvalue weighted by atomic mass is 32.2. The Labute approximate surface area is 216 Å². The van der Waals surface area contributed by atoms with E-state index in [0.717, 1.165) is 24.0 Å². The summed E-state index contributed by atoms with van der Waals surface area (Å²) in [5.74, 6) is 0.393. The molecule has 2 atom stereocenters. The number of hydrogen-bond acceptors (Lipinski definition) is 7. The summed E-state index contributed by atoms with van der Waals surface area (Å²) in [7, 11) is -1.75. The van der Waals surface area contributed by atoms with E-state index < -0.39 is 27.8 Å². The molecule has 8 nitrogen and oxygen atoms in total. The molecule has 1 amide bonds. The van der Waals surface area contributed by atoms with Crippen LogP contribution >= 0.6 is 0 Å². The van der Waals surface area contributed by atoms with E-state index in [9.17, 15) is 18.0 Å². The van der Waals surface area contributed by atoms with Crippen molar-refractivity contribution in [2.24, 2.45) is 0 Å². The van der Waals surface area contributed by atoms with Gasteiger partial charge in [0.2, 0.25) is 5.76 Å². The summed E-state index contributed by atoms with van der Waals surface area (Å²) in [4.78, 5) is 29.2. The number of aryl methyl sites for hydroxylation is 2. The summed E-state index contributed by atoms with van der Waals surface area (Å²) in [6.07, 6.45) is 2.19.